The standard InChI is InChI=1S/C24H30F2N4O2/c1-4-32-23-20(16-9-17(25)11-18(26)10-16)21(30-8-7-24(3,27)13-30)19(12-28-23)22(31)29-14(2)15-5-6-15/h9-12,14-15H,4-8,13,27H2,1-3H3,(H,29,31)/t14?,24-/m0/s1. The third kappa shape index (κ3) is 4.70. The molecule has 4 rings (SSSR count). The Hall–Kier alpha value is -2.74. The van der Waals surface area contributed by atoms with Crippen LogP contribution in [0.5, 0.6) is 5.88 Å². The highest BCUT2D eigenvalue weighted by atomic mass is 19.1. The van der Waals surface area contributed by atoms with Crippen LogP contribution in [-0.2, 0) is 0 Å². The lowest BCUT2D eigenvalue weighted by Crippen LogP contribution is -2.40. The number of aromatic nitrogens is 1. The van der Waals surface area contributed by atoms with Crippen LogP contribution in [0.2, 0.25) is 0 Å². The molecule has 0 spiro atoms. The maximum absolute atomic E-state index is 14.2. The van der Waals surface area contributed by atoms with E-state index in [1.165, 1.54) is 18.3 Å². The number of benzene rings is 1. The summed E-state index contributed by atoms with van der Waals surface area (Å²) in [5.41, 5.74) is 7.49. The van der Waals surface area contributed by atoms with Crippen molar-refractivity contribution in [3.8, 4) is 17.0 Å². The zero-order chi connectivity index (χ0) is 23.0. The van der Waals surface area contributed by atoms with Gasteiger partial charge in [-0.1, -0.05) is 0 Å². The van der Waals surface area contributed by atoms with Crippen molar-refractivity contribution in [2.45, 2.75) is 51.6 Å². The molecular formula is C24H30F2N4O2. The first-order valence-corrected chi connectivity index (χ1v) is 11.2. The van der Waals surface area contributed by atoms with Gasteiger partial charge in [-0.05, 0) is 63.6 Å². The van der Waals surface area contributed by atoms with Crippen LogP contribution in [0.4, 0.5) is 14.5 Å². The summed E-state index contributed by atoms with van der Waals surface area (Å²) in [4.78, 5) is 19.7. The van der Waals surface area contributed by atoms with Crippen LogP contribution in [0.3, 0.4) is 0 Å². The number of amides is 1. The number of rotatable bonds is 7. The van der Waals surface area contributed by atoms with E-state index in [2.05, 4.69) is 10.3 Å². The van der Waals surface area contributed by atoms with E-state index in [0.29, 0.717) is 42.4 Å². The third-order valence-corrected chi connectivity index (χ3v) is 6.20. The molecule has 8 heteroatoms. The number of anilines is 1. The molecule has 32 heavy (non-hydrogen) atoms. The van der Waals surface area contributed by atoms with Gasteiger partial charge >= 0.3 is 0 Å². The molecule has 2 heterocycles. The number of nitrogens with one attached hydrogen (secondary N) is 1. The van der Waals surface area contributed by atoms with E-state index in [4.69, 9.17) is 10.5 Å². The van der Waals surface area contributed by atoms with E-state index in [0.717, 1.165) is 25.3 Å². The molecule has 6 nitrogen and oxygen atoms in total. The molecule has 1 aromatic heterocycles. The second kappa shape index (κ2) is 8.65. The topological polar surface area (TPSA) is 80.5 Å². The van der Waals surface area contributed by atoms with Crippen LogP contribution >= 0.6 is 0 Å². The van der Waals surface area contributed by atoms with Gasteiger partial charge in [0.1, 0.15) is 11.6 Å². The molecule has 2 aliphatic rings. The lowest BCUT2D eigenvalue weighted by atomic mass is 9.99. The Morgan fingerprint density at radius 2 is 2.03 bits per heavy atom. The van der Waals surface area contributed by atoms with Gasteiger partial charge in [-0.3, -0.25) is 4.79 Å². The van der Waals surface area contributed by atoms with Gasteiger partial charge in [-0.15, -0.1) is 0 Å². The predicted molar refractivity (Wildman–Crippen MR) is 120 cm³/mol. The molecule has 2 fully saturated rings. The van der Waals surface area contributed by atoms with Gasteiger partial charge in [0.15, 0.2) is 0 Å². The lowest BCUT2D eigenvalue weighted by Gasteiger charge is -2.28. The van der Waals surface area contributed by atoms with E-state index in [1.807, 2.05) is 25.7 Å². The largest absolute Gasteiger partial charge is 0.477 e. The van der Waals surface area contributed by atoms with Crippen molar-refractivity contribution in [1.29, 1.82) is 0 Å². The van der Waals surface area contributed by atoms with E-state index in [9.17, 15) is 13.6 Å². The number of carbonyl (C=O) groups excluding carboxylic acids is 1. The lowest BCUT2D eigenvalue weighted by molar-refractivity contribution is 0.0936. The molecule has 1 aliphatic heterocycles. The van der Waals surface area contributed by atoms with Crippen molar-refractivity contribution in [2.75, 3.05) is 24.6 Å². The molecule has 1 saturated carbocycles. The Labute approximate surface area is 187 Å². The van der Waals surface area contributed by atoms with Crippen molar-refractivity contribution >= 4 is 11.6 Å². The van der Waals surface area contributed by atoms with Gasteiger partial charge in [0.2, 0.25) is 5.88 Å². The average molecular weight is 445 g/mol. The predicted octanol–water partition coefficient (Wildman–Crippen LogP) is 3.88. The van der Waals surface area contributed by atoms with Crippen LogP contribution < -0.4 is 20.7 Å². The summed E-state index contributed by atoms with van der Waals surface area (Å²) < 4.78 is 34.1. The summed E-state index contributed by atoms with van der Waals surface area (Å²) in [6.45, 7) is 7.16. The Kier molecular flexibility index (Phi) is 6.07. The molecule has 1 aromatic carbocycles. The van der Waals surface area contributed by atoms with Crippen molar-refractivity contribution < 1.29 is 18.3 Å². The number of halogens is 2. The maximum atomic E-state index is 14.2. The zero-order valence-electron chi connectivity index (χ0n) is 18.8. The third-order valence-electron chi connectivity index (χ3n) is 6.20. The maximum Gasteiger partial charge on any atom is 0.255 e. The monoisotopic (exact) mass is 444 g/mol. The first kappa shape index (κ1) is 22.5. The number of carbonyl (C=O) groups is 1. The van der Waals surface area contributed by atoms with Crippen LogP contribution in [0.15, 0.2) is 24.4 Å². The summed E-state index contributed by atoms with van der Waals surface area (Å²) in [5.74, 6) is -0.982. The Bertz CT molecular complexity index is 1000. The van der Waals surface area contributed by atoms with Crippen molar-refractivity contribution in [3.63, 3.8) is 0 Å². The zero-order valence-corrected chi connectivity index (χ0v) is 18.8. The molecular weight excluding hydrogens is 414 g/mol. The second-order valence-electron chi connectivity index (χ2n) is 9.22. The highest BCUT2D eigenvalue weighted by Gasteiger charge is 2.36. The SMILES string of the molecule is CCOc1ncc(C(=O)NC(C)C2CC2)c(N2CC[C@](C)(N)C2)c1-c1cc(F)cc(F)c1. The molecule has 0 bridgehead atoms. The minimum Gasteiger partial charge on any atom is -0.477 e. The summed E-state index contributed by atoms with van der Waals surface area (Å²) in [7, 11) is 0. The van der Waals surface area contributed by atoms with E-state index in [1.54, 1.807) is 0 Å². The fourth-order valence-corrected chi connectivity index (χ4v) is 4.36. The molecule has 1 aliphatic carbocycles. The molecule has 3 N–H and O–H groups in total. The molecule has 172 valence electrons. The minimum atomic E-state index is -0.712. The molecule has 0 radical (unpaired) electrons. The van der Waals surface area contributed by atoms with Gasteiger partial charge in [0.25, 0.3) is 5.91 Å². The number of hydrogen-bond acceptors (Lipinski definition) is 5. The molecule has 2 aromatic rings. The quantitative estimate of drug-likeness (QED) is 0.678. The molecule has 1 unspecified atom stereocenters. The molecule has 1 saturated heterocycles. The number of ether oxygens (including phenoxy) is 1. The Morgan fingerprint density at radius 3 is 2.59 bits per heavy atom. The van der Waals surface area contributed by atoms with Gasteiger partial charge in [-0.2, -0.15) is 0 Å². The van der Waals surface area contributed by atoms with Gasteiger partial charge in [-0.25, -0.2) is 13.8 Å². The molecule has 1 amide bonds. The van der Waals surface area contributed by atoms with Crippen LogP contribution in [-0.4, -0.2) is 42.2 Å². The first-order valence-electron chi connectivity index (χ1n) is 11.2. The van der Waals surface area contributed by atoms with Crippen molar-refractivity contribution in [2.24, 2.45) is 11.7 Å². The Morgan fingerprint density at radius 1 is 1.34 bits per heavy atom. The van der Waals surface area contributed by atoms with E-state index in [-0.39, 0.29) is 23.4 Å². The summed E-state index contributed by atoms with van der Waals surface area (Å²) in [6, 6.07) is 3.32. The molecule has 2 atom stereocenters. The highest BCUT2D eigenvalue weighted by Crippen LogP contribution is 2.43. The first-order chi connectivity index (χ1) is 15.2. The van der Waals surface area contributed by atoms with Gasteiger partial charge in [0, 0.05) is 36.9 Å². The Balaban J connectivity index is 1.88. The number of nitrogens with zero attached hydrogens (tertiary/aromatic N) is 2. The van der Waals surface area contributed by atoms with E-state index >= 15 is 0 Å². The highest BCUT2D eigenvalue weighted by molar-refractivity contribution is 6.04. The smallest absolute Gasteiger partial charge is 0.255 e. The fourth-order valence-electron chi connectivity index (χ4n) is 4.36. The second-order valence-corrected chi connectivity index (χ2v) is 9.22. The minimum absolute atomic E-state index is 0.0373. The summed E-state index contributed by atoms with van der Waals surface area (Å²) in [6.07, 6.45) is 4.40. The average Bonchev–Trinajstić information content (AvgIpc) is 3.50. The number of pyridine rings is 1. The van der Waals surface area contributed by atoms with Crippen molar-refractivity contribution in [3.05, 3.63) is 41.6 Å². The van der Waals surface area contributed by atoms with Crippen LogP contribution in [0.1, 0.15) is 50.4 Å². The van der Waals surface area contributed by atoms with Crippen LogP contribution in [0, 0.1) is 17.6 Å². The van der Waals surface area contributed by atoms with Gasteiger partial charge in [0.05, 0.1) is 23.4 Å². The van der Waals surface area contributed by atoms with Crippen molar-refractivity contribution in [1.82, 2.24) is 10.3 Å². The fraction of sp³-hybridized carbons (Fsp3) is 0.500. The summed E-state index contributed by atoms with van der Waals surface area (Å²) >= 11 is 0. The summed E-state index contributed by atoms with van der Waals surface area (Å²) in [5, 5.41) is 3.07. The van der Waals surface area contributed by atoms with Crippen LogP contribution in [0.25, 0.3) is 11.1 Å². The van der Waals surface area contributed by atoms with E-state index < -0.39 is 17.2 Å². The normalized spacial score (nSPS) is 21.5. The number of nitrogens with two attached hydrogens (primary N) is 1. The van der Waals surface area contributed by atoms with Gasteiger partial charge < -0.3 is 20.7 Å². The number of hydrogen-bond donors (Lipinski definition) is 2.